The topological polar surface area (TPSA) is 26.0 Å². The molecular weight excluding hydrogens is 302 g/mol. The van der Waals surface area contributed by atoms with Crippen LogP contribution in [-0.4, -0.2) is 6.04 Å². The lowest BCUT2D eigenvalue weighted by Gasteiger charge is -2.42. The zero-order valence-electron chi connectivity index (χ0n) is 16.6. The van der Waals surface area contributed by atoms with Gasteiger partial charge in [0.1, 0.15) is 0 Å². The molecule has 4 fully saturated rings. The smallest absolute Gasteiger partial charge is 0.00390 e. The van der Waals surface area contributed by atoms with E-state index in [0.29, 0.717) is 6.04 Å². The predicted octanol–water partition coefficient (Wildman–Crippen LogP) is 6.70. The van der Waals surface area contributed by atoms with Crippen LogP contribution in [0.25, 0.3) is 0 Å². The van der Waals surface area contributed by atoms with Crippen molar-refractivity contribution in [3.8, 4) is 0 Å². The van der Waals surface area contributed by atoms with Crippen molar-refractivity contribution in [2.24, 2.45) is 41.2 Å². The maximum absolute atomic E-state index is 6.11. The second-order valence-electron chi connectivity index (χ2n) is 10.4. The van der Waals surface area contributed by atoms with E-state index < -0.39 is 0 Å². The fraction of sp³-hybridized carbons (Fsp3) is 1.00. The van der Waals surface area contributed by atoms with Gasteiger partial charge in [-0.2, -0.15) is 0 Å². The minimum atomic E-state index is 0.520. The average molecular weight is 346 g/mol. The van der Waals surface area contributed by atoms with Crippen LogP contribution in [0.4, 0.5) is 0 Å². The molecule has 0 aromatic rings. The molecule has 4 saturated carbocycles. The first-order chi connectivity index (χ1) is 12.3. The van der Waals surface area contributed by atoms with Crippen molar-refractivity contribution in [3.63, 3.8) is 0 Å². The van der Waals surface area contributed by atoms with E-state index in [4.69, 9.17) is 5.73 Å². The van der Waals surface area contributed by atoms with E-state index in [1.807, 2.05) is 0 Å². The Bertz CT molecular complexity index is 375. The molecule has 0 radical (unpaired) electrons. The number of rotatable bonds is 3. The van der Waals surface area contributed by atoms with Gasteiger partial charge in [0.05, 0.1) is 0 Å². The van der Waals surface area contributed by atoms with Crippen molar-refractivity contribution in [1.82, 2.24) is 0 Å². The van der Waals surface area contributed by atoms with Crippen molar-refractivity contribution in [2.75, 3.05) is 0 Å². The molecule has 4 aliphatic carbocycles. The third kappa shape index (κ3) is 4.63. The molecule has 25 heavy (non-hydrogen) atoms. The van der Waals surface area contributed by atoms with Gasteiger partial charge >= 0.3 is 0 Å². The van der Waals surface area contributed by atoms with Crippen LogP contribution in [-0.2, 0) is 0 Å². The van der Waals surface area contributed by atoms with Crippen LogP contribution in [0.1, 0.15) is 109 Å². The molecule has 0 spiro atoms. The highest BCUT2D eigenvalue weighted by Gasteiger charge is 2.35. The van der Waals surface area contributed by atoms with Gasteiger partial charge in [-0.15, -0.1) is 0 Å². The van der Waals surface area contributed by atoms with Gasteiger partial charge in [-0.1, -0.05) is 32.1 Å². The van der Waals surface area contributed by atoms with Crippen LogP contribution >= 0.6 is 0 Å². The fourth-order valence-electron chi connectivity index (χ4n) is 7.40. The van der Waals surface area contributed by atoms with Crippen molar-refractivity contribution in [3.05, 3.63) is 0 Å². The molecule has 0 bridgehead atoms. The van der Waals surface area contributed by atoms with Crippen LogP contribution < -0.4 is 5.73 Å². The summed E-state index contributed by atoms with van der Waals surface area (Å²) >= 11 is 0. The van der Waals surface area contributed by atoms with E-state index in [1.165, 1.54) is 44.9 Å². The molecule has 4 rings (SSSR count). The Kier molecular flexibility index (Phi) is 6.43. The molecule has 0 heterocycles. The molecule has 0 saturated heterocycles. The summed E-state index contributed by atoms with van der Waals surface area (Å²) in [5, 5.41) is 0. The normalized spacial score (nSPS) is 44.5. The summed E-state index contributed by atoms with van der Waals surface area (Å²) in [4.78, 5) is 0. The summed E-state index contributed by atoms with van der Waals surface area (Å²) in [5.74, 6) is 6.50. The van der Waals surface area contributed by atoms with Crippen molar-refractivity contribution >= 4 is 0 Å². The van der Waals surface area contributed by atoms with E-state index >= 15 is 0 Å². The monoisotopic (exact) mass is 345 g/mol. The molecule has 0 aromatic carbocycles. The average Bonchev–Trinajstić information content (AvgIpc) is 2.70. The van der Waals surface area contributed by atoms with E-state index in [2.05, 4.69) is 0 Å². The molecule has 0 unspecified atom stereocenters. The molecule has 0 amide bonds. The van der Waals surface area contributed by atoms with Crippen LogP contribution in [0.15, 0.2) is 0 Å². The van der Waals surface area contributed by atoms with Gasteiger partial charge < -0.3 is 5.73 Å². The zero-order valence-corrected chi connectivity index (χ0v) is 16.6. The van der Waals surface area contributed by atoms with Crippen LogP contribution in [0.5, 0.6) is 0 Å². The maximum Gasteiger partial charge on any atom is 0.00390 e. The second-order valence-corrected chi connectivity index (χ2v) is 10.4. The van der Waals surface area contributed by atoms with Gasteiger partial charge in [0.15, 0.2) is 0 Å². The first-order valence-corrected chi connectivity index (χ1v) is 12.0. The molecule has 0 atom stereocenters. The van der Waals surface area contributed by atoms with Gasteiger partial charge in [-0.25, -0.2) is 0 Å². The Morgan fingerprint density at radius 1 is 0.320 bits per heavy atom. The lowest BCUT2D eigenvalue weighted by Crippen LogP contribution is -2.33. The summed E-state index contributed by atoms with van der Waals surface area (Å²) in [7, 11) is 0. The highest BCUT2D eigenvalue weighted by molar-refractivity contribution is 4.87. The van der Waals surface area contributed by atoms with E-state index in [9.17, 15) is 0 Å². The van der Waals surface area contributed by atoms with Gasteiger partial charge in [-0.3, -0.25) is 0 Å². The third-order valence-electron chi connectivity index (χ3n) is 9.10. The molecule has 144 valence electrons. The first-order valence-electron chi connectivity index (χ1n) is 12.0. The molecule has 0 aromatic heterocycles. The summed E-state index contributed by atoms with van der Waals surface area (Å²) in [5.41, 5.74) is 6.11. The Labute approximate surface area is 156 Å². The van der Waals surface area contributed by atoms with E-state index in [-0.39, 0.29) is 0 Å². The molecular formula is C24H43N. The van der Waals surface area contributed by atoms with E-state index in [1.54, 1.807) is 64.2 Å². The summed E-state index contributed by atoms with van der Waals surface area (Å²) in [6.07, 6.45) is 25.7. The Morgan fingerprint density at radius 3 is 0.960 bits per heavy atom. The molecule has 1 nitrogen and oxygen atoms in total. The third-order valence-corrected chi connectivity index (χ3v) is 9.10. The second kappa shape index (κ2) is 8.77. The van der Waals surface area contributed by atoms with Gasteiger partial charge in [-0.05, 0) is 113 Å². The van der Waals surface area contributed by atoms with Crippen LogP contribution in [0.2, 0.25) is 0 Å². The van der Waals surface area contributed by atoms with Crippen molar-refractivity contribution in [1.29, 1.82) is 0 Å². The molecule has 4 aliphatic rings. The van der Waals surface area contributed by atoms with Crippen molar-refractivity contribution < 1.29 is 0 Å². The summed E-state index contributed by atoms with van der Waals surface area (Å²) in [6, 6.07) is 0.520. The highest BCUT2D eigenvalue weighted by Crippen LogP contribution is 2.47. The van der Waals surface area contributed by atoms with Crippen LogP contribution in [0, 0.1) is 35.5 Å². The van der Waals surface area contributed by atoms with E-state index in [0.717, 1.165) is 35.5 Å². The van der Waals surface area contributed by atoms with Gasteiger partial charge in [0.25, 0.3) is 0 Å². The van der Waals surface area contributed by atoms with Crippen LogP contribution in [0.3, 0.4) is 0 Å². The molecule has 2 N–H and O–H groups in total. The number of nitrogens with two attached hydrogens (primary N) is 1. The summed E-state index contributed by atoms with van der Waals surface area (Å²) < 4.78 is 0. The largest absolute Gasteiger partial charge is 0.328 e. The standard InChI is InChI=1S/C24H43N/c25-24-16-14-23(15-17-24)22-12-10-21(11-13-22)20-8-6-19(7-9-20)18-4-2-1-3-5-18/h18-24H,1-17,25H2. The molecule has 1 heteroatoms. The van der Waals surface area contributed by atoms with Gasteiger partial charge in [0, 0.05) is 6.04 Å². The van der Waals surface area contributed by atoms with Gasteiger partial charge in [0.2, 0.25) is 0 Å². The minimum absolute atomic E-state index is 0.520. The Hall–Kier alpha value is -0.0400. The van der Waals surface area contributed by atoms with Crippen molar-refractivity contribution in [2.45, 2.75) is 115 Å². The minimum Gasteiger partial charge on any atom is -0.328 e. The zero-order chi connectivity index (χ0) is 17.1. The molecule has 0 aliphatic heterocycles. The quantitative estimate of drug-likeness (QED) is 0.605. The summed E-state index contributed by atoms with van der Waals surface area (Å²) in [6.45, 7) is 0. The SMILES string of the molecule is NC1CCC(C2CCC(C3CCC(C4CCCCC4)CC3)CC2)CC1. The Balaban J connectivity index is 1.18. The first kappa shape index (κ1) is 18.3. The lowest BCUT2D eigenvalue weighted by atomic mass is 9.64. The Morgan fingerprint density at radius 2 is 0.600 bits per heavy atom. The fourth-order valence-corrected chi connectivity index (χ4v) is 7.40. The number of hydrogen-bond acceptors (Lipinski definition) is 1. The lowest BCUT2D eigenvalue weighted by molar-refractivity contribution is 0.0933. The predicted molar refractivity (Wildman–Crippen MR) is 107 cm³/mol. The number of hydrogen-bond donors (Lipinski definition) is 1. The maximum atomic E-state index is 6.11. The highest BCUT2D eigenvalue weighted by atomic mass is 14.6.